The second-order valence-corrected chi connectivity index (χ2v) is 10.0. The molecule has 0 unspecified atom stereocenters. The Balaban J connectivity index is 1.52. The smallest absolute Gasteiger partial charge is 0.0355 e. The highest BCUT2D eigenvalue weighted by atomic mass is 32.1. The Bertz CT molecular complexity index is 1770. The van der Waals surface area contributed by atoms with E-state index in [9.17, 15) is 0 Å². The molecule has 0 aliphatic carbocycles. The van der Waals surface area contributed by atoms with E-state index >= 15 is 0 Å². The maximum atomic E-state index is 2.37. The van der Waals surface area contributed by atoms with Gasteiger partial charge in [-0.15, -0.1) is 11.3 Å². The minimum Gasteiger partial charge on any atom is -0.135 e. The van der Waals surface area contributed by atoms with E-state index in [2.05, 4.69) is 133 Å². The van der Waals surface area contributed by atoms with Crippen LogP contribution in [-0.4, -0.2) is 0 Å². The Morgan fingerprint density at radius 2 is 0.857 bits per heavy atom. The molecule has 1 heteroatoms. The first-order valence-corrected chi connectivity index (χ1v) is 12.8. The molecule has 0 bridgehead atoms. The van der Waals surface area contributed by atoms with Gasteiger partial charge in [0.1, 0.15) is 0 Å². The molecule has 1 aromatic heterocycles. The summed E-state index contributed by atoms with van der Waals surface area (Å²) in [6.45, 7) is 0. The third kappa shape index (κ3) is 3.36. The molecule has 0 saturated heterocycles. The summed E-state index contributed by atoms with van der Waals surface area (Å²) in [5.41, 5.74) is 6.42. The van der Waals surface area contributed by atoms with Gasteiger partial charge in [-0.3, -0.25) is 0 Å². The molecule has 0 aliphatic rings. The van der Waals surface area contributed by atoms with Crippen LogP contribution in [0.25, 0.3) is 64.3 Å². The first kappa shape index (κ1) is 20.2. The van der Waals surface area contributed by atoms with Crippen molar-refractivity contribution in [3.05, 3.63) is 133 Å². The maximum Gasteiger partial charge on any atom is 0.0355 e. The number of rotatable bonds is 3. The highest BCUT2D eigenvalue weighted by Crippen LogP contribution is 2.44. The van der Waals surface area contributed by atoms with Gasteiger partial charge in [0.2, 0.25) is 0 Å². The van der Waals surface area contributed by atoms with Crippen molar-refractivity contribution in [2.75, 3.05) is 0 Å². The molecule has 1 heterocycles. The summed E-state index contributed by atoms with van der Waals surface area (Å²) in [5, 5.41) is 6.48. The number of hydrogen-bond acceptors (Lipinski definition) is 1. The molecule has 35 heavy (non-hydrogen) atoms. The summed E-state index contributed by atoms with van der Waals surface area (Å²) in [6.07, 6.45) is 0. The summed E-state index contributed by atoms with van der Waals surface area (Å²) < 4.78 is 1.32. The lowest BCUT2D eigenvalue weighted by Crippen LogP contribution is -1.90. The lowest BCUT2D eigenvalue weighted by molar-refractivity contribution is 1.66. The molecule has 7 aromatic rings. The van der Waals surface area contributed by atoms with Gasteiger partial charge < -0.3 is 0 Å². The first-order chi connectivity index (χ1) is 17.4. The van der Waals surface area contributed by atoms with E-state index in [1.807, 2.05) is 11.3 Å². The van der Waals surface area contributed by atoms with Crippen LogP contribution in [0.4, 0.5) is 0 Å². The average Bonchev–Trinajstić information content (AvgIpc) is 3.36. The number of benzene rings is 6. The maximum absolute atomic E-state index is 2.37. The highest BCUT2D eigenvalue weighted by molar-refractivity contribution is 7.22. The molecule has 0 N–H and O–H groups in total. The zero-order chi connectivity index (χ0) is 23.2. The molecule has 0 atom stereocenters. The summed E-state index contributed by atoms with van der Waals surface area (Å²) >= 11 is 1.86. The van der Waals surface area contributed by atoms with Crippen molar-refractivity contribution >= 4 is 43.0 Å². The molecule has 6 aromatic carbocycles. The minimum atomic E-state index is 1.26. The minimum absolute atomic E-state index is 1.26. The van der Waals surface area contributed by atoms with Crippen LogP contribution in [0.5, 0.6) is 0 Å². The molecule has 0 saturated carbocycles. The average molecular weight is 463 g/mol. The van der Waals surface area contributed by atoms with Gasteiger partial charge in [-0.1, -0.05) is 115 Å². The summed E-state index contributed by atoms with van der Waals surface area (Å²) in [6, 6.07) is 48.4. The van der Waals surface area contributed by atoms with Gasteiger partial charge >= 0.3 is 0 Å². The van der Waals surface area contributed by atoms with Crippen molar-refractivity contribution in [3.8, 4) is 32.7 Å². The number of fused-ring (bicyclic) bond motifs is 3. The molecule has 0 fully saturated rings. The monoisotopic (exact) mass is 462 g/mol. The molecule has 164 valence electrons. The van der Waals surface area contributed by atoms with E-state index in [4.69, 9.17) is 0 Å². The molecule has 7 rings (SSSR count). The van der Waals surface area contributed by atoms with Crippen molar-refractivity contribution in [1.29, 1.82) is 0 Å². The third-order valence-electron chi connectivity index (χ3n) is 6.86. The zero-order valence-electron chi connectivity index (χ0n) is 19.1. The van der Waals surface area contributed by atoms with Crippen molar-refractivity contribution in [3.63, 3.8) is 0 Å². The van der Waals surface area contributed by atoms with Gasteiger partial charge in [-0.05, 0) is 72.9 Å². The summed E-state index contributed by atoms with van der Waals surface area (Å²) in [5.74, 6) is 0. The molecule has 0 radical (unpaired) electrons. The fraction of sp³-hybridized carbons (Fsp3) is 0. The molecule has 0 aliphatic heterocycles. The van der Waals surface area contributed by atoms with Crippen LogP contribution in [0.15, 0.2) is 133 Å². The zero-order valence-corrected chi connectivity index (χ0v) is 19.9. The van der Waals surface area contributed by atoms with Gasteiger partial charge in [0, 0.05) is 9.58 Å². The predicted octanol–water partition coefficient (Wildman–Crippen LogP) is 10.2. The SMILES string of the molecule is c1ccc(-c2cc3cc(-c4c5ccccc5c(-c5ccccc5)c5ccccc45)ccc3s2)cc1. The largest absolute Gasteiger partial charge is 0.135 e. The van der Waals surface area contributed by atoms with Gasteiger partial charge in [-0.25, -0.2) is 0 Å². The highest BCUT2D eigenvalue weighted by Gasteiger charge is 2.16. The third-order valence-corrected chi connectivity index (χ3v) is 8.02. The van der Waals surface area contributed by atoms with Crippen molar-refractivity contribution in [2.24, 2.45) is 0 Å². The Hall–Kier alpha value is -4.20. The molecule has 0 nitrogen and oxygen atoms in total. The molecule has 0 amide bonds. The summed E-state index contributed by atoms with van der Waals surface area (Å²) in [4.78, 5) is 1.31. The van der Waals surface area contributed by atoms with Crippen LogP contribution in [0.1, 0.15) is 0 Å². The second-order valence-electron chi connectivity index (χ2n) is 8.94. The van der Waals surface area contributed by atoms with Crippen LogP contribution >= 0.6 is 11.3 Å². The van der Waals surface area contributed by atoms with Crippen LogP contribution in [0.2, 0.25) is 0 Å². The lowest BCUT2D eigenvalue weighted by atomic mass is 9.86. The van der Waals surface area contributed by atoms with Gasteiger partial charge in [0.05, 0.1) is 0 Å². The Morgan fingerprint density at radius 1 is 0.371 bits per heavy atom. The Morgan fingerprint density at radius 3 is 1.43 bits per heavy atom. The van der Waals surface area contributed by atoms with Crippen molar-refractivity contribution in [1.82, 2.24) is 0 Å². The topological polar surface area (TPSA) is 0 Å². The van der Waals surface area contributed by atoms with E-state index in [1.54, 1.807) is 0 Å². The van der Waals surface area contributed by atoms with Gasteiger partial charge in [0.25, 0.3) is 0 Å². The van der Waals surface area contributed by atoms with Crippen molar-refractivity contribution in [2.45, 2.75) is 0 Å². The Labute approximate surface area is 208 Å². The van der Waals surface area contributed by atoms with Gasteiger partial charge in [0.15, 0.2) is 0 Å². The Kier molecular flexibility index (Phi) is 4.75. The van der Waals surface area contributed by atoms with E-state index < -0.39 is 0 Å². The van der Waals surface area contributed by atoms with E-state index in [0.29, 0.717) is 0 Å². The van der Waals surface area contributed by atoms with E-state index in [1.165, 1.54) is 64.3 Å². The first-order valence-electron chi connectivity index (χ1n) is 11.9. The van der Waals surface area contributed by atoms with Crippen LogP contribution in [0.3, 0.4) is 0 Å². The van der Waals surface area contributed by atoms with Crippen LogP contribution < -0.4 is 0 Å². The fourth-order valence-electron chi connectivity index (χ4n) is 5.30. The molecular weight excluding hydrogens is 440 g/mol. The van der Waals surface area contributed by atoms with Crippen molar-refractivity contribution < 1.29 is 0 Å². The van der Waals surface area contributed by atoms with Gasteiger partial charge in [-0.2, -0.15) is 0 Å². The normalized spacial score (nSPS) is 11.4. The molecule has 0 spiro atoms. The quantitative estimate of drug-likeness (QED) is 0.229. The second kappa shape index (κ2) is 8.23. The predicted molar refractivity (Wildman–Crippen MR) is 153 cm³/mol. The number of hydrogen-bond donors (Lipinski definition) is 0. The number of thiophene rings is 1. The lowest BCUT2D eigenvalue weighted by Gasteiger charge is -2.17. The molecular formula is C34H22S. The van der Waals surface area contributed by atoms with Crippen LogP contribution in [-0.2, 0) is 0 Å². The standard InChI is InChI=1S/C34H22S/c1-3-11-23(12-4-1)32-22-26-21-25(19-20-31(26)35-32)34-29-17-9-7-15-27(29)33(24-13-5-2-6-14-24)28-16-8-10-18-30(28)34/h1-22H. The van der Waals surface area contributed by atoms with Crippen LogP contribution in [0, 0.1) is 0 Å². The summed E-state index contributed by atoms with van der Waals surface area (Å²) in [7, 11) is 0. The van der Waals surface area contributed by atoms with E-state index in [-0.39, 0.29) is 0 Å². The fourth-order valence-corrected chi connectivity index (χ4v) is 6.35. The van der Waals surface area contributed by atoms with E-state index in [0.717, 1.165) is 0 Å².